The van der Waals surface area contributed by atoms with Crippen LogP contribution < -0.4 is 14.8 Å². The topological polar surface area (TPSA) is 106 Å². The molecule has 0 aliphatic heterocycles. The van der Waals surface area contributed by atoms with Crippen LogP contribution in [0, 0.1) is 13.8 Å². The molecule has 3 aromatic heterocycles. The second kappa shape index (κ2) is 9.98. The zero-order valence-corrected chi connectivity index (χ0v) is 19.9. The Kier molecular flexibility index (Phi) is 6.85. The molecule has 0 unspecified atom stereocenters. The summed E-state index contributed by atoms with van der Waals surface area (Å²) >= 11 is 0. The molecule has 4 rings (SSSR count). The number of ether oxygens (including phenoxy) is 1. The molecule has 8 nitrogen and oxygen atoms in total. The predicted octanol–water partition coefficient (Wildman–Crippen LogP) is 4.74. The maximum atomic E-state index is 11.7. The van der Waals surface area contributed by atoms with E-state index in [1.54, 1.807) is 36.7 Å². The fourth-order valence-corrected chi connectivity index (χ4v) is 4.01. The lowest BCUT2D eigenvalue weighted by Gasteiger charge is -2.14. The maximum Gasteiger partial charge on any atom is 0.215 e. The molecular weight excluding hydrogens is 450 g/mol. The first kappa shape index (κ1) is 23.3. The van der Waals surface area contributed by atoms with Gasteiger partial charge in [-0.25, -0.2) is 23.1 Å². The van der Waals surface area contributed by atoms with Crippen molar-refractivity contribution >= 4 is 21.5 Å². The van der Waals surface area contributed by atoms with Gasteiger partial charge in [-0.05, 0) is 68.4 Å². The van der Waals surface area contributed by atoms with Crippen LogP contribution in [-0.4, -0.2) is 30.4 Å². The molecule has 0 spiro atoms. The zero-order chi connectivity index (χ0) is 24.1. The Balaban J connectivity index is 1.55. The maximum absolute atomic E-state index is 11.7. The average Bonchev–Trinajstić information content (AvgIpc) is 2.83. The molecule has 174 valence electrons. The van der Waals surface area contributed by atoms with Crippen molar-refractivity contribution in [2.45, 2.75) is 19.6 Å². The summed E-state index contributed by atoms with van der Waals surface area (Å²) in [6.45, 7) is 3.95. The van der Waals surface area contributed by atoms with E-state index in [4.69, 9.17) is 9.72 Å². The zero-order valence-electron chi connectivity index (χ0n) is 19.1. The molecule has 34 heavy (non-hydrogen) atoms. The Bertz CT molecular complexity index is 1390. The van der Waals surface area contributed by atoms with Crippen molar-refractivity contribution in [2.24, 2.45) is 0 Å². The van der Waals surface area contributed by atoms with Crippen molar-refractivity contribution in [1.29, 1.82) is 0 Å². The van der Waals surface area contributed by atoms with Crippen molar-refractivity contribution in [1.82, 2.24) is 19.7 Å². The lowest BCUT2D eigenvalue weighted by atomic mass is 10.1. The summed E-state index contributed by atoms with van der Waals surface area (Å²) in [7, 11) is -1.92. The molecule has 2 N–H and O–H groups in total. The Morgan fingerprint density at radius 2 is 1.74 bits per heavy atom. The molecule has 9 heteroatoms. The number of anilines is 2. The number of aromatic nitrogens is 3. The van der Waals surface area contributed by atoms with Crippen LogP contribution in [0.3, 0.4) is 0 Å². The normalized spacial score (nSPS) is 11.3. The predicted molar refractivity (Wildman–Crippen MR) is 133 cm³/mol. The molecule has 0 atom stereocenters. The van der Waals surface area contributed by atoms with E-state index in [0.29, 0.717) is 28.6 Å². The molecule has 0 saturated heterocycles. The third kappa shape index (κ3) is 5.75. The standard InChI is InChI=1S/C25H25N5O3S/c1-17-14-23(25(29-18(17)2)22-6-4-5-12-27-22)33-21-11-13-28-24(15-21)30-20-9-7-19(8-10-20)16-34(31,32)26-3/h4-15,26H,16H2,1-3H3,(H,28,30). The first-order chi connectivity index (χ1) is 16.3. The molecule has 0 aliphatic carbocycles. The minimum Gasteiger partial charge on any atom is -0.455 e. The van der Waals surface area contributed by atoms with Gasteiger partial charge < -0.3 is 10.1 Å². The fraction of sp³-hybridized carbons (Fsp3) is 0.160. The van der Waals surface area contributed by atoms with Gasteiger partial charge in [0.05, 0.1) is 11.4 Å². The molecule has 3 heterocycles. The number of nitrogens with zero attached hydrogens (tertiary/aromatic N) is 3. The van der Waals surface area contributed by atoms with E-state index < -0.39 is 10.0 Å². The third-order valence-corrected chi connectivity index (χ3v) is 6.53. The van der Waals surface area contributed by atoms with Gasteiger partial charge in [0, 0.05) is 29.8 Å². The molecule has 0 saturated carbocycles. The van der Waals surface area contributed by atoms with Crippen molar-refractivity contribution in [3.05, 3.63) is 89.9 Å². The van der Waals surface area contributed by atoms with Crippen molar-refractivity contribution < 1.29 is 13.2 Å². The van der Waals surface area contributed by atoms with Crippen LogP contribution in [0.4, 0.5) is 11.5 Å². The summed E-state index contributed by atoms with van der Waals surface area (Å²) in [6.07, 6.45) is 3.38. The van der Waals surface area contributed by atoms with Crippen LogP contribution in [0.25, 0.3) is 11.4 Å². The lowest BCUT2D eigenvalue weighted by Crippen LogP contribution is -2.20. The highest BCUT2D eigenvalue weighted by molar-refractivity contribution is 7.88. The van der Waals surface area contributed by atoms with Gasteiger partial charge in [0.1, 0.15) is 17.3 Å². The molecular formula is C25H25N5O3S. The number of rotatable bonds is 8. The van der Waals surface area contributed by atoms with Crippen LogP contribution in [0.2, 0.25) is 0 Å². The molecule has 1 aromatic carbocycles. The van der Waals surface area contributed by atoms with Crippen molar-refractivity contribution in [3.8, 4) is 22.9 Å². The number of hydrogen-bond acceptors (Lipinski definition) is 7. The second-order valence-corrected chi connectivity index (χ2v) is 9.64. The number of pyridine rings is 3. The number of sulfonamides is 1. The van der Waals surface area contributed by atoms with Gasteiger partial charge in [0.2, 0.25) is 10.0 Å². The fourth-order valence-electron chi connectivity index (χ4n) is 3.24. The van der Waals surface area contributed by atoms with Gasteiger partial charge in [0.25, 0.3) is 0 Å². The van der Waals surface area contributed by atoms with E-state index in [0.717, 1.165) is 22.6 Å². The summed E-state index contributed by atoms with van der Waals surface area (Å²) in [5.41, 5.74) is 4.79. The van der Waals surface area contributed by atoms with E-state index >= 15 is 0 Å². The highest BCUT2D eigenvalue weighted by Crippen LogP contribution is 2.33. The Morgan fingerprint density at radius 1 is 0.941 bits per heavy atom. The monoisotopic (exact) mass is 475 g/mol. The van der Waals surface area contributed by atoms with Gasteiger partial charge in [0.15, 0.2) is 5.75 Å². The van der Waals surface area contributed by atoms with Crippen LogP contribution in [0.15, 0.2) is 73.1 Å². The molecule has 0 aliphatic rings. The summed E-state index contributed by atoms with van der Waals surface area (Å²) < 4.78 is 32.0. The minimum atomic E-state index is -3.32. The van der Waals surface area contributed by atoms with Crippen LogP contribution >= 0.6 is 0 Å². The summed E-state index contributed by atoms with van der Waals surface area (Å²) in [4.78, 5) is 13.5. The SMILES string of the molecule is CNS(=O)(=O)Cc1ccc(Nc2cc(Oc3cc(C)c(C)nc3-c3ccccn3)ccn2)cc1. The summed E-state index contributed by atoms with van der Waals surface area (Å²) in [6, 6.07) is 18.3. The van der Waals surface area contributed by atoms with Gasteiger partial charge in [-0.15, -0.1) is 0 Å². The highest BCUT2D eigenvalue weighted by atomic mass is 32.2. The van der Waals surface area contributed by atoms with Crippen LogP contribution in [0.1, 0.15) is 16.8 Å². The minimum absolute atomic E-state index is 0.0754. The molecule has 4 aromatic rings. The molecule has 0 amide bonds. The largest absolute Gasteiger partial charge is 0.455 e. The second-order valence-electron chi connectivity index (χ2n) is 7.72. The van der Waals surface area contributed by atoms with Gasteiger partial charge >= 0.3 is 0 Å². The smallest absolute Gasteiger partial charge is 0.215 e. The van der Waals surface area contributed by atoms with E-state index in [9.17, 15) is 8.42 Å². The number of benzene rings is 1. The van der Waals surface area contributed by atoms with Gasteiger partial charge in [-0.3, -0.25) is 4.98 Å². The van der Waals surface area contributed by atoms with Crippen molar-refractivity contribution in [2.75, 3.05) is 12.4 Å². The van der Waals surface area contributed by atoms with Gasteiger partial charge in [-0.2, -0.15) is 0 Å². The number of nitrogens with one attached hydrogen (secondary N) is 2. The van der Waals surface area contributed by atoms with Crippen LogP contribution in [-0.2, 0) is 15.8 Å². The van der Waals surface area contributed by atoms with E-state index in [-0.39, 0.29) is 5.75 Å². The van der Waals surface area contributed by atoms with E-state index in [1.807, 2.05) is 50.2 Å². The Morgan fingerprint density at radius 3 is 2.44 bits per heavy atom. The summed E-state index contributed by atoms with van der Waals surface area (Å²) in [5, 5.41) is 3.22. The third-order valence-electron chi connectivity index (χ3n) is 5.19. The van der Waals surface area contributed by atoms with Crippen LogP contribution in [0.5, 0.6) is 11.5 Å². The molecule has 0 radical (unpaired) electrons. The molecule has 0 bridgehead atoms. The Hall–Kier alpha value is -3.82. The van der Waals surface area contributed by atoms with Gasteiger partial charge in [-0.1, -0.05) is 18.2 Å². The first-order valence-electron chi connectivity index (χ1n) is 10.6. The summed E-state index contributed by atoms with van der Waals surface area (Å²) in [5.74, 6) is 1.71. The van der Waals surface area contributed by atoms with Crippen molar-refractivity contribution in [3.63, 3.8) is 0 Å². The Labute approximate surface area is 199 Å². The average molecular weight is 476 g/mol. The first-order valence-corrected chi connectivity index (χ1v) is 12.3. The quantitative estimate of drug-likeness (QED) is 0.379. The van der Waals surface area contributed by atoms with E-state index in [1.165, 1.54) is 7.05 Å². The number of aryl methyl sites for hydroxylation is 2. The highest BCUT2D eigenvalue weighted by Gasteiger charge is 2.14. The lowest BCUT2D eigenvalue weighted by molar-refractivity contribution is 0.481. The molecule has 0 fully saturated rings. The van der Waals surface area contributed by atoms with E-state index in [2.05, 4.69) is 20.0 Å². The number of hydrogen-bond donors (Lipinski definition) is 2.